The Bertz CT molecular complexity index is 1130. The van der Waals surface area contributed by atoms with Crippen LogP contribution in [0.1, 0.15) is 43.4 Å². The molecule has 9 heteroatoms. The average Bonchev–Trinajstić information content (AvgIpc) is 2.80. The van der Waals surface area contributed by atoms with Gasteiger partial charge < -0.3 is 15.0 Å². The Labute approximate surface area is 209 Å². The Morgan fingerprint density at radius 2 is 1.80 bits per heavy atom. The van der Waals surface area contributed by atoms with E-state index in [-0.39, 0.29) is 12.5 Å². The van der Waals surface area contributed by atoms with Crippen molar-refractivity contribution in [3.8, 4) is 5.75 Å². The number of carbonyl (C=O) groups excluding carboxylic acids is 2. The van der Waals surface area contributed by atoms with Crippen molar-refractivity contribution in [3.05, 3.63) is 59.2 Å². The lowest BCUT2D eigenvalue weighted by Crippen LogP contribution is -2.52. The van der Waals surface area contributed by atoms with Gasteiger partial charge >= 0.3 is 0 Å². The van der Waals surface area contributed by atoms with Gasteiger partial charge in [0.1, 0.15) is 18.3 Å². The Hall–Kier alpha value is -3.07. The molecule has 0 aliphatic carbocycles. The number of nitrogens with one attached hydrogen (secondary N) is 1. The predicted molar refractivity (Wildman–Crippen MR) is 139 cm³/mol. The molecule has 2 aromatic rings. The number of anilines is 1. The number of benzene rings is 2. The normalized spacial score (nSPS) is 12.1. The Morgan fingerprint density at radius 1 is 1.09 bits per heavy atom. The molecular weight excluding hydrogens is 466 g/mol. The molecule has 2 aromatic carbocycles. The number of amides is 2. The maximum Gasteiger partial charge on any atom is 0.244 e. The summed E-state index contributed by atoms with van der Waals surface area (Å²) in [6.07, 6.45) is 2.23. The van der Waals surface area contributed by atoms with Gasteiger partial charge in [0.25, 0.3) is 0 Å². The van der Waals surface area contributed by atoms with Gasteiger partial charge in [0.05, 0.1) is 19.1 Å². The third-order valence-electron chi connectivity index (χ3n) is 5.72. The van der Waals surface area contributed by atoms with Crippen molar-refractivity contribution in [2.75, 3.05) is 30.8 Å². The highest BCUT2D eigenvalue weighted by Gasteiger charge is 2.32. The SMILES string of the molecule is CCCNC(=O)C(CC)N(Cc1cccc(OC)c1)C(=O)CN(c1ccc(C)cc1C)S(C)(=O)=O. The van der Waals surface area contributed by atoms with E-state index in [0.29, 0.717) is 24.4 Å². The molecule has 0 fully saturated rings. The first kappa shape index (κ1) is 28.2. The van der Waals surface area contributed by atoms with Gasteiger partial charge in [0.15, 0.2) is 0 Å². The highest BCUT2D eigenvalue weighted by atomic mass is 32.2. The van der Waals surface area contributed by atoms with Crippen molar-refractivity contribution in [2.45, 2.75) is 53.1 Å². The molecule has 1 atom stereocenters. The summed E-state index contributed by atoms with van der Waals surface area (Å²) in [4.78, 5) is 28.1. The van der Waals surface area contributed by atoms with Crippen molar-refractivity contribution in [3.63, 3.8) is 0 Å². The van der Waals surface area contributed by atoms with E-state index in [1.165, 1.54) is 4.90 Å². The van der Waals surface area contributed by atoms with E-state index in [9.17, 15) is 18.0 Å². The molecular formula is C26H37N3O5S. The van der Waals surface area contributed by atoms with Crippen LogP contribution >= 0.6 is 0 Å². The van der Waals surface area contributed by atoms with Gasteiger partial charge in [-0.25, -0.2) is 8.42 Å². The number of rotatable bonds is 12. The molecule has 0 aliphatic heterocycles. The molecule has 0 radical (unpaired) electrons. The van der Waals surface area contributed by atoms with Crippen molar-refractivity contribution in [2.24, 2.45) is 0 Å². The minimum absolute atomic E-state index is 0.137. The number of carbonyl (C=O) groups is 2. The Kier molecular flexibility index (Phi) is 10.1. The van der Waals surface area contributed by atoms with Gasteiger partial charge in [-0.15, -0.1) is 0 Å². The number of hydrogen-bond donors (Lipinski definition) is 1. The van der Waals surface area contributed by atoms with Gasteiger partial charge in [-0.1, -0.05) is 43.7 Å². The molecule has 0 bridgehead atoms. The lowest BCUT2D eigenvalue weighted by atomic mass is 10.1. The molecule has 0 saturated carbocycles. The van der Waals surface area contributed by atoms with E-state index >= 15 is 0 Å². The van der Waals surface area contributed by atoms with Crippen molar-refractivity contribution >= 4 is 27.5 Å². The van der Waals surface area contributed by atoms with Crippen molar-refractivity contribution in [1.29, 1.82) is 0 Å². The predicted octanol–water partition coefficient (Wildman–Crippen LogP) is 3.41. The molecule has 192 valence electrons. The first-order valence-corrected chi connectivity index (χ1v) is 13.6. The molecule has 0 spiro atoms. The van der Waals surface area contributed by atoms with Crippen LogP contribution in [-0.2, 0) is 26.2 Å². The molecule has 1 unspecified atom stereocenters. The van der Waals surface area contributed by atoms with Crippen LogP contribution in [0.3, 0.4) is 0 Å². The van der Waals surface area contributed by atoms with Crippen LogP contribution in [0.15, 0.2) is 42.5 Å². The fourth-order valence-electron chi connectivity index (χ4n) is 3.93. The Morgan fingerprint density at radius 3 is 2.37 bits per heavy atom. The summed E-state index contributed by atoms with van der Waals surface area (Å²) in [6.45, 7) is 7.74. The third kappa shape index (κ3) is 7.71. The maximum atomic E-state index is 13.7. The highest BCUT2D eigenvalue weighted by molar-refractivity contribution is 7.92. The maximum absolute atomic E-state index is 13.7. The molecule has 0 saturated heterocycles. The number of sulfonamides is 1. The molecule has 0 aromatic heterocycles. The van der Waals surface area contributed by atoms with Gasteiger partial charge in [-0.05, 0) is 56.0 Å². The minimum atomic E-state index is -3.77. The second-order valence-electron chi connectivity index (χ2n) is 8.65. The highest BCUT2D eigenvalue weighted by Crippen LogP contribution is 2.25. The monoisotopic (exact) mass is 503 g/mol. The second kappa shape index (κ2) is 12.6. The van der Waals surface area contributed by atoms with Crippen LogP contribution in [0.25, 0.3) is 0 Å². The molecule has 1 N–H and O–H groups in total. The topological polar surface area (TPSA) is 96.0 Å². The molecule has 2 rings (SSSR count). The summed E-state index contributed by atoms with van der Waals surface area (Å²) in [7, 11) is -2.21. The van der Waals surface area contributed by atoms with Crippen LogP contribution < -0.4 is 14.4 Å². The van der Waals surface area contributed by atoms with Crippen LogP contribution in [0, 0.1) is 13.8 Å². The van der Waals surface area contributed by atoms with E-state index in [0.717, 1.165) is 33.7 Å². The van der Waals surface area contributed by atoms with Gasteiger partial charge in [0.2, 0.25) is 21.8 Å². The molecule has 8 nitrogen and oxygen atoms in total. The minimum Gasteiger partial charge on any atom is -0.497 e. The molecule has 35 heavy (non-hydrogen) atoms. The fourth-order valence-corrected chi connectivity index (χ4v) is 4.84. The van der Waals surface area contributed by atoms with Crippen molar-refractivity contribution < 1.29 is 22.7 Å². The Balaban J connectivity index is 2.47. The van der Waals surface area contributed by atoms with E-state index in [2.05, 4.69) is 5.32 Å². The number of nitrogens with zero attached hydrogens (tertiary/aromatic N) is 2. The van der Waals surface area contributed by atoms with Gasteiger partial charge in [0, 0.05) is 13.1 Å². The smallest absolute Gasteiger partial charge is 0.244 e. The quantitative estimate of drug-likeness (QED) is 0.479. The van der Waals surface area contributed by atoms with Gasteiger partial charge in [-0.2, -0.15) is 0 Å². The summed E-state index contributed by atoms with van der Waals surface area (Å²) in [5.41, 5.74) is 2.95. The molecule has 2 amide bonds. The zero-order valence-electron chi connectivity index (χ0n) is 21.5. The zero-order chi connectivity index (χ0) is 26.2. The summed E-state index contributed by atoms with van der Waals surface area (Å²) in [5, 5.41) is 2.87. The zero-order valence-corrected chi connectivity index (χ0v) is 22.3. The number of methoxy groups -OCH3 is 1. The first-order valence-electron chi connectivity index (χ1n) is 11.8. The number of aryl methyl sites for hydroxylation is 2. The van der Waals surface area contributed by atoms with Crippen LogP contribution in [0.2, 0.25) is 0 Å². The molecule has 0 aliphatic rings. The summed E-state index contributed by atoms with van der Waals surface area (Å²) >= 11 is 0. The van der Waals surface area contributed by atoms with Gasteiger partial charge in [-0.3, -0.25) is 13.9 Å². The van der Waals surface area contributed by atoms with E-state index in [4.69, 9.17) is 4.74 Å². The lowest BCUT2D eigenvalue weighted by Gasteiger charge is -2.33. The fraction of sp³-hybridized carbons (Fsp3) is 0.462. The standard InChI is InChI=1S/C26H37N3O5S/c1-7-14-27-26(31)23(8-2)28(17-21-10-9-11-22(16-21)34-5)25(30)18-29(35(6,32)33)24-13-12-19(3)15-20(24)4/h9-13,15-16,23H,7-8,14,17-18H2,1-6H3,(H,27,31). The second-order valence-corrected chi connectivity index (χ2v) is 10.6. The molecule has 0 heterocycles. The summed E-state index contributed by atoms with van der Waals surface area (Å²) in [5.74, 6) is -0.0915. The van der Waals surface area contributed by atoms with Crippen LogP contribution in [0.4, 0.5) is 5.69 Å². The summed E-state index contributed by atoms with van der Waals surface area (Å²) < 4.78 is 31.9. The average molecular weight is 504 g/mol. The van der Waals surface area contributed by atoms with Crippen molar-refractivity contribution in [1.82, 2.24) is 10.2 Å². The number of ether oxygens (including phenoxy) is 1. The largest absolute Gasteiger partial charge is 0.497 e. The van der Waals surface area contributed by atoms with E-state index in [1.807, 2.05) is 52.0 Å². The number of hydrogen-bond acceptors (Lipinski definition) is 5. The van der Waals surface area contributed by atoms with E-state index < -0.39 is 28.5 Å². The summed E-state index contributed by atoms with van der Waals surface area (Å²) in [6, 6.07) is 11.9. The van der Waals surface area contributed by atoms with E-state index in [1.54, 1.807) is 25.3 Å². The van der Waals surface area contributed by atoms with Crippen LogP contribution in [0.5, 0.6) is 5.75 Å². The third-order valence-corrected chi connectivity index (χ3v) is 6.85. The van der Waals surface area contributed by atoms with Crippen LogP contribution in [-0.4, -0.2) is 57.6 Å². The first-order chi connectivity index (χ1) is 16.5. The lowest BCUT2D eigenvalue weighted by molar-refractivity contribution is -0.140.